The molecule has 1 N–H and O–H groups in total. The summed E-state index contributed by atoms with van der Waals surface area (Å²) in [6, 6.07) is 5.84. The Kier molecular flexibility index (Phi) is 3.68. The lowest BCUT2D eigenvalue weighted by Crippen LogP contribution is -2.33. The van der Waals surface area contributed by atoms with Crippen molar-refractivity contribution in [1.29, 1.82) is 0 Å². The van der Waals surface area contributed by atoms with Crippen LogP contribution in [-0.2, 0) is 6.18 Å². The van der Waals surface area contributed by atoms with Crippen LogP contribution in [0.5, 0.6) is 0 Å². The minimum absolute atomic E-state index is 0.112. The van der Waals surface area contributed by atoms with Crippen molar-refractivity contribution in [2.45, 2.75) is 30.9 Å². The molecule has 0 aromatic heterocycles. The predicted octanol–water partition coefficient (Wildman–Crippen LogP) is 3.82. The summed E-state index contributed by atoms with van der Waals surface area (Å²) in [6.45, 7) is 2.09. The molecule has 0 amide bonds. The van der Waals surface area contributed by atoms with Gasteiger partial charge in [-0.2, -0.15) is 13.2 Å². The summed E-state index contributed by atoms with van der Waals surface area (Å²) >= 11 is 1.74. The van der Waals surface area contributed by atoms with Crippen molar-refractivity contribution in [2.24, 2.45) is 0 Å². The van der Waals surface area contributed by atoms with Crippen LogP contribution in [0.1, 0.15) is 29.8 Å². The van der Waals surface area contributed by atoms with E-state index >= 15 is 0 Å². The third-order valence-corrected chi connectivity index (χ3v) is 4.03. The Bertz CT molecular complexity index is 374. The number of alkyl halides is 3. The Morgan fingerprint density at radius 1 is 1.24 bits per heavy atom. The lowest BCUT2D eigenvalue weighted by atomic mass is 10.1. The molecule has 1 saturated heterocycles. The van der Waals surface area contributed by atoms with Gasteiger partial charge < -0.3 is 0 Å². The lowest BCUT2D eigenvalue weighted by Gasteiger charge is -2.28. The van der Waals surface area contributed by atoms with Crippen LogP contribution in [-0.4, -0.2) is 11.8 Å². The molecule has 1 nitrogen and oxygen atoms in total. The van der Waals surface area contributed by atoms with E-state index in [0.29, 0.717) is 6.04 Å². The van der Waals surface area contributed by atoms with Crippen LogP contribution < -0.4 is 5.32 Å². The minimum Gasteiger partial charge on any atom is -0.299 e. The number of benzene rings is 1. The SMILES string of the molecule is CC1CCSC(c2ccc(C(F)(F)F)cc2)N1. The summed E-state index contributed by atoms with van der Waals surface area (Å²) < 4.78 is 37.2. The molecule has 0 aliphatic carbocycles. The average molecular weight is 261 g/mol. The number of hydrogen-bond acceptors (Lipinski definition) is 2. The number of nitrogens with one attached hydrogen (secondary N) is 1. The largest absolute Gasteiger partial charge is 0.416 e. The van der Waals surface area contributed by atoms with Gasteiger partial charge in [-0.1, -0.05) is 12.1 Å². The molecule has 0 bridgehead atoms. The molecule has 17 heavy (non-hydrogen) atoms. The van der Waals surface area contributed by atoms with Crippen molar-refractivity contribution >= 4 is 11.8 Å². The molecule has 94 valence electrons. The summed E-state index contributed by atoms with van der Waals surface area (Å²) in [4.78, 5) is 0. The van der Waals surface area contributed by atoms with Crippen LogP contribution in [0.2, 0.25) is 0 Å². The minimum atomic E-state index is -4.25. The van der Waals surface area contributed by atoms with E-state index in [0.717, 1.165) is 29.9 Å². The highest BCUT2D eigenvalue weighted by Crippen LogP contribution is 2.34. The number of rotatable bonds is 1. The van der Waals surface area contributed by atoms with Gasteiger partial charge in [-0.3, -0.25) is 5.32 Å². The van der Waals surface area contributed by atoms with Gasteiger partial charge in [-0.25, -0.2) is 0 Å². The van der Waals surface area contributed by atoms with E-state index in [2.05, 4.69) is 12.2 Å². The molecule has 2 rings (SSSR count). The van der Waals surface area contributed by atoms with Gasteiger partial charge >= 0.3 is 6.18 Å². The molecule has 0 saturated carbocycles. The molecule has 2 atom stereocenters. The molecule has 1 fully saturated rings. The van der Waals surface area contributed by atoms with Crippen molar-refractivity contribution < 1.29 is 13.2 Å². The van der Waals surface area contributed by atoms with Crippen LogP contribution in [0.25, 0.3) is 0 Å². The third kappa shape index (κ3) is 3.16. The van der Waals surface area contributed by atoms with Gasteiger partial charge in [0.15, 0.2) is 0 Å². The molecular weight excluding hydrogens is 247 g/mol. The third-order valence-electron chi connectivity index (χ3n) is 2.81. The fourth-order valence-corrected chi connectivity index (χ4v) is 3.20. The van der Waals surface area contributed by atoms with E-state index < -0.39 is 11.7 Å². The molecule has 0 radical (unpaired) electrons. The quantitative estimate of drug-likeness (QED) is 0.824. The maximum absolute atomic E-state index is 12.4. The summed E-state index contributed by atoms with van der Waals surface area (Å²) in [5.74, 6) is 1.04. The molecule has 1 aliphatic heterocycles. The monoisotopic (exact) mass is 261 g/mol. The van der Waals surface area contributed by atoms with Gasteiger partial charge in [-0.05, 0) is 36.8 Å². The molecule has 1 aromatic carbocycles. The molecule has 2 unspecified atom stereocenters. The first-order valence-corrected chi connectivity index (χ1v) is 6.56. The predicted molar refractivity (Wildman–Crippen MR) is 63.9 cm³/mol. The first-order valence-electron chi connectivity index (χ1n) is 5.51. The van der Waals surface area contributed by atoms with E-state index in [1.165, 1.54) is 0 Å². The van der Waals surface area contributed by atoms with E-state index in [9.17, 15) is 13.2 Å². The van der Waals surface area contributed by atoms with E-state index in [4.69, 9.17) is 0 Å². The molecule has 1 aliphatic rings. The van der Waals surface area contributed by atoms with Crippen molar-refractivity contribution in [1.82, 2.24) is 5.32 Å². The van der Waals surface area contributed by atoms with Crippen LogP contribution in [0.4, 0.5) is 13.2 Å². The van der Waals surface area contributed by atoms with Crippen molar-refractivity contribution in [2.75, 3.05) is 5.75 Å². The van der Waals surface area contributed by atoms with Crippen LogP contribution in [0.15, 0.2) is 24.3 Å². The van der Waals surface area contributed by atoms with Gasteiger partial charge in [0.05, 0.1) is 10.9 Å². The number of thioether (sulfide) groups is 1. The fourth-order valence-electron chi connectivity index (χ4n) is 1.79. The van der Waals surface area contributed by atoms with Gasteiger partial charge in [-0.15, -0.1) is 11.8 Å². The Hall–Kier alpha value is -0.680. The highest BCUT2D eigenvalue weighted by molar-refractivity contribution is 7.99. The van der Waals surface area contributed by atoms with E-state index in [-0.39, 0.29) is 5.37 Å². The Morgan fingerprint density at radius 3 is 2.41 bits per heavy atom. The first-order chi connectivity index (χ1) is 7.97. The van der Waals surface area contributed by atoms with Crippen molar-refractivity contribution in [3.8, 4) is 0 Å². The Balaban J connectivity index is 2.12. The van der Waals surface area contributed by atoms with Gasteiger partial charge in [0, 0.05) is 6.04 Å². The molecule has 1 aromatic rings. The zero-order valence-electron chi connectivity index (χ0n) is 9.42. The van der Waals surface area contributed by atoms with Crippen LogP contribution in [0, 0.1) is 0 Å². The number of halogens is 3. The standard InChI is InChI=1S/C12H14F3NS/c1-8-6-7-17-11(16-8)9-2-4-10(5-3-9)12(13,14)15/h2-5,8,11,16H,6-7H2,1H3. The van der Waals surface area contributed by atoms with Gasteiger partial charge in [0.1, 0.15) is 0 Å². The Labute approximate surface area is 103 Å². The maximum Gasteiger partial charge on any atom is 0.416 e. The fraction of sp³-hybridized carbons (Fsp3) is 0.500. The highest BCUT2D eigenvalue weighted by atomic mass is 32.2. The van der Waals surface area contributed by atoms with Crippen LogP contribution >= 0.6 is 11.8 Å². The first kappa shape index (κ1) is 12.8. The normalized spacial score (nSPS) is 25.9. The molecule has 5 heteroatoms. The second-order valence-corrected chi connectivity index (χ2v) is 5.44. The van der Waals surface area contributed by atoms with Crippen LogP contribution in [0.3, 0.4) is 0 Å². The Morgan fingerprint density at radius 2 is 1.88 bits per heavy atom. The average Bonchev–Trinajstić information content (AvgIpc) is 2.28. The smallest absolute Gasteiger partial charge is 0.299 e. The van der Waals surface area contributed by atoms with E-state index in [1.54, 1.807) is 23.9 Å². The maximum atomic E-state index is 12.4. The molecule has 0 spiro atoms. The van der Waals surface area contributed by atoms with Crippen molar-refractivity contribution in [3.05, 3.63) is 35.4 Å². The second kappa shape index (κ2) is 4.90. The zero-order valence-corrected chi connectivity index (χ0v) is 10.2. The summed E-state index contributed by atoms with van der Waals surface area (Å²) in [7, 11) is 0. The summed E-state index contributed by atoms with van der Waals surface area (Å²) in [5, 5.41) is 3.48. The van der Waals surface area contributed by atoms with Gasteiger partial charge in [0.2, 0.25) is 0 Å². The topological polar surface area (TPSA) is 12.0 Å². The van der Waals surface area contributed by atoms with Gasteiger partial charge in [0.25, 0.3) is 0 Å². The molecule has 1 heterocycles. The zero-order chi connectivity index (χ0) is 12.5. The molecular formula is C12H14F3NS. The summed E-state index contributed by atoms with van der Waals surface area (Å²) in [5.41, 5.74) is 0.324. The highest BCUT2D eigenvalue weighted by Gasteiger charge is 2.30. The van der Waals surface area contributed by atoms with E-state index in [1.807, 2.05) is 0 Å². The van der Waals surface area contributed by atoms with Crippen molar-refractivity contribution in [3.63, 3.8) is 0 Å². The number of hydrogen-bond donors (Lipinski definition) is 1. The lowest BCUT2D eigenvalue weighted by molar-refractivity contribution is -0.137. The second-order valence-electron chi connectivity index (χ2n) is 4.23. The summed E-state index contributed by atoms with van der Waals surface area (Å²) in [6.07, 6.45) is -3.15.